The average molecular weight is 371 g/mol. The van der Waals surface area contributed by atoms with Gasteiger partial charge in [-0.1, -0.05) is 30.4 Å². The molecule has 27 heavy (non-hydrogen) atoms. The van der Waals surface area contributed by atoms with Crippen LogP contribution in [-0.4, -0.2) is 69.2 Å². The van der Waals surface area contributed by atoms with Crippen molar-refractivity contribution in [3.63, 3.8) is 0 Å². The van der Waals surface area contributed by atoms with Crippen molar-refractivity contribution in [3.8, 4) is 0 Å². The number of piperazine rings is 1. The standard InChI is InChI=1S/C20H25N3O4/c1-13(2)12-22-8-10-23(11-9-22)18(20(26)27)16-14-6-4-5-7-15(14)21(3)17(16)19(24)25/h4-7,18H,1,8-12H2,2-3H3,(H,24,25)(H,26,27)/t18-/m0/s1. The molecule has 3 rings (SSSR count). The number of carbonyl (C=O) groups is 2. The van der Waals surface area contributed by atoms with Crippen LogP contribution in [0.4, 0.5) is 0 Å². The first-order valence-electron chi connectivity index (χ1n) is 8.95. The van der Waals surface area contributed by atoms with Crippen molar-refractivity contribution in [1.29, 1.82) is 0 Å². The summed E-state index contributed by atoms with van der Waals surface area (Å²) in [4.78, 5) is 28.3. The monoisotopic (exact) mass is 371 g/mol. The van der Waals surface area contributed by atoms with Crippen LogP contribution >= 0.6 is 0 Å². The summed E-state index contributed by atoms with van der Waals surface area (Å²) in [5, 5.41) is 20.4. The molecule has 0 radical (unpaired) electrons. The summed E-state index contributed by atoms with van der Waals surface area (Å²) in [5.41, 5.74) is 2.19. The van der Waals surface area contributed by atoms with Crippen LogP contribution in [0.15, 0.2) is 36.4 Å². The lowest BCUT2D eigenvalue weighted by Gasteiger charge is -2.38. The lowest BCUT2D eigenvalue weighted by Crippen LogP contribution is -2.49. The lowest BCUT2D eigenvalue weighted by molar-refractivity contribution is -0.144. The number of benzene rings is 1. The molecule has 1 atom stereocenters. The predicted octanol–water partition coefficient (Wildman–Crippen LogP) is 2.20. The van der Waals surface area contributed by atoms with E-state index in [1.165, 1.54) is 0 Å². The number of aliphatic carboxylic acids is 1. The van der Waals surface area contributed by atoms with Crippen molar-refractivity contribution < 1.29 is 19.8 Å². The van der Waals surface area contributed by atoms with Gasteiger partial charge >= 0.3 is 11.9 Å². The van der Waals surface area contributed by atoms with Crippen molar-refractivity contribution in [2.45, 2.75) is 13.0 Å². The third-order valence-electron chi connectivity index (χ3n) is 5.12. The van der Waals surface area contributed by atoms with Gasteiger partial charge in [-0.2, -0.15) is 0 Å². The highest BCUT2D eigenvalue weighted by atomic mass is 16.4. The van der Waals surface area contributed by atoms with Gasteiger partial charge in [0.15, 0.2) is 0 Å². The van der Waals surface area contributed by atoms with E-state index in [2.05, 4.69) is 11.5 Å². The fourth-order valence-electron chi connectivity index (χ4n) is 3.98. The van der Waals surface area contributed by atoms with Crippen LogP contribution in [0.3, 0.4) is 0 Å². The molecule has 1 saturated heterocycles. The summed E-state index contributed by atoms with van der Waals surface area (Å²) >= 11 is 0. The van der Waals surface area contributed by atoms with Gasteiger partial charge in [0.2, 0.25) is 0 Å². The second-order valence-corrected chi connectivity index (χ2v) is 7.15. The van der Waals surface area contributed by atoms with E-state index < -0.39 is 18.0 Å². The smallest absolute Gasteiger partial charge is 0.352 e. The number of hydrogen-bond acceptors (Lipinski definition) is 4. The Morgan fingerprint density at radius 1 is 1.15 bits per heavy atom. The zero-order valence-electron chi connectivity index (χ0n) is 15.7. The Balaban J connectivity index is 2.02. The van der Waals surface area contributed by atoms with E-state index in [1.54, 1.807) is 23.7 Å². The average Bonchev–Trinajstić information content (AvgIpc) is 2.89. The van der Waals surface area contributed by atoms with Crippen LogP contribution in [0.25, 0.3) is 10.9 Å². The van der Waals surface area contributed by atoms with E-state index in [9.17, 15) is 19.8 Å². The molecular formula is C20H25N3O4. The van der Waals surface area contributed by atoms with Gasteiger partial charge in [-0.25, -0.2) is 4.79 Å². The lowest BCUT2D eigenvalue weighted by atomic mass is 10.00. The Hall–Kier alpha value is -2.64. The highest BCUT2D eigenvalue weighted by Crippen LogP contribution is 2.34. The number of rotatable bonds is 6. The van der Waals surface area contributed by atoms with E-state index in [0.29, 0.717) is 24.0 Å². The molecule has 7 nitrogen and oxygen atoms in total. The Morgan fingerprint density at radius 2 is 1.78 bits per heavy atom. The van der Waals surface area contributed by atoms with Crippen LogP contribution in [0.2, 0.25) is 0 Å². The van der Waals surface area contributed by atoms with Crippen LogP contribution in [0, 0.1) is 0 Å². The zero-order valence-corrected chi connectivity index (χ0v) is 15.7. The molecule has 2 heterocycles. The predicted molar refractivity (Wildman–Crippen MR) is 103 cm³/mol. The van der Waals surface area contributed by atoms with Gasteiger partial charge in [0.05, 0.1) is 0 Å². The minimum absolute atomic E-state index is 0.0352. The summed E-state index contributed by atoms with van der Waals surface area (Å²) in [6, 6.07) is 6.25. The number of carboxylic acids is 2. The zero-order chi connectivity index (χ0) is 19.7. The fourth-order valence-corrected chi connectivity index (χ4v) is 3.98. The van der Waals surface area contributed by atoms with Crippen LogP contribution in [0.5, 0.6) is 0 Å². The van der Waals surface area contributed by atoms with Crippen molar-refractivity contribution in [3.05, 3.63) is 47.7 Å². The van der Waals surface area contributed by atoms with Crippen LogP contribution < -0.4 is 0 Å². The maximum atomic E-state index is 12.2. The van der Waals surface area contributed by atoms with Crippen LogP contribution in [-0.2, 0) is 11.8 Å². The number of fused-ring (bicyclic) bond motifs is 1. The summed E-state index contributed by atoms with van der Waals surface area (Å²) in [7, 11) is 1.67. The number of carboxylic acid groups (broad SMARTS) is 2. The van der Waals surface area contributed by atoms with Gasteiger partial charge in [0.25, 0.3) is 0 Å². The first kappa shape index (κ1) is 19.1. The molecule has 0 amide bonds. The first-order chi connectivity index (χ1) is 12.8. The van der Waals surface area contributed by atoms with Gasteiger partial charge in [-0.05, 0) is 13.0 Å². The van der Waals surface area contributed by atoms with Crippen LogP contribution in [0.1, 0.15) is 29.0 Å². The Bertz CT molecular complexity index is 894. The molecule has 1 aromatic heterocycles. The number of para-hydroxylation sites is 1. The van der Waals surface area contributed by atoms with Crippen molar-refractivity contribution in [1.82, 2.24) is 14.4 Å². The molecule has 2 N–H and O–H groups in total. The highest BCUT2D eigenvalue weighted by molar-refractivity contribution is 6.01. The van der Waals surface area contributed by atoms with E-state index in [1.807, 2.05) is 24.0 Å². The van der Waals surface area contributed by atoms with E-state index in [-0.39, 0.29) is 5.69 Å². The molecular weight excluding hydrogens is 346 g/mol. The minimum atomic E-state index is -1.11. The molecule has 7 heteroatoms. The number of aryl methyl sites for hydroxylation is 1. The number of aromatic carboxylic acids is 1. The summed E-state index contributed by atoms with van der Waals surface area (Å²) in [6.45, 7) is 9.27. The summed E-state index contributed by atoms with van der Waals surface area (Å²) in [6.07, 6.45) is 0. The topological polar surface area (TPSA) is 86.0 Å². The molecule has 0 saturated carbocycles. The molecule has 144 valence electrons. The summed E-state index contributed by atoms with van der Waals surface area (Å²) < 4.78 is 1.57. The van der Waals surface area contributed by atoms with Gasteiger partial charge in [0, 0.05) is 56.2 Å². The molecule has 0 bridgehead atoms. The third-order valence-corrected chi connectivity index (χ3v) is 5.12. The van der Waals surface area contributed by atoms with Crippen molar-refractivity contribution in [2.75, 3.05) is 32.7 Å². The normalized spacial score (nSPS) is 17.1. The van der Waals surface area contributed by atoms with Gasteiger partial charge in [-0.3, -0.25) is 14.6 Å². The quantitative estimate of drug-likeness (QED) is 0.757. The van der Waals surface area contributed by atoms with Gasteiger partial charge in [-0.15, -0.1) is 0 Å². The number of hydrogen-bond donors (Lipinski definition) is 2. The second kappa shape index (κ2) is 7.54. The SMILES string of the molecule is C=C(C)CN1CCN([C@H](C(=O)O)c2c(C(=O)O)n(C)c3ccccc23)CC1. The van der Waals surface area contributed by atoms with E-state index >= 15 is 0 Å². The molecule has 2 aromatic rings. The van der Waals surface area contributed by atoms with Gasteiger partial charge in [0.1, 0.15) is 11.7 Å². The Labute approximate surface area is 158 Å². The molecule has 0 unspecified atom stereocenters. The molecule has 1 fully saturated rings. The maximum absolute atomic E-state index is 12.2. The highest BCUT2D eigenvalue weighted by Gasteiger charge is 2.36. The van der Waals surface area contributed by atoms with E-state index in [0.717, 1.165) is 30.7 Å². The van der Waals surface area contributed by atoms with E-state index in [4.69, 9.17) is 0 Å². The van der Waals surface area contributed by atoms with Crippen molar-refractivity contribution in [2.24, 2.45) is 7.05 Å². The molecule has 0 aliphatic carbocycles. The summed E-state index contributed by atoms with van der Waals surface area (Å²) in [5.74, 6) is -2.14. The Morgan fingerprint density at radius 3 is 2.33 bits per heavy atom. The first-order valence-corrected chi connectivity index (χ1v) is 8.95. The molecule has 1 aliphatic rings. The molecule has 1 aromatic carbocycles. The maximum Gasteiger partial charge on any atom is 0.352 e. The fraction of sp³-hybridized carbons (Fsp3) is 0.400. The third kappa shape index (κ3) is 3.61. The number of aromatic nitrogens is 1. The van der Waals surface area contributed by atoms with Gasteiger partial charge < -0.3 is 14.8 Å². The number of nitrogens with zero attached hydrogens (tertiary/aromatic N) is 3. The Kier molecular flexibility index (Phi) is 5.34. The largest absolute Gasteiger partial charge is 0.480 e. The van der Waals surface area contributed by atoms with Crippen molar-refractivity contribution >= 4 is 22.8 Å². The second-order valence-electron chi connectivity index (χ2n) is 7.15. The molecule has 0 spiro atoms. The minimum Gasteiger partial charge on any atom is -0.480 e. The molecule has 1 aliphatic heterocycles.